The molecule has 0 spiro atoms. The van der Waals surface area contributed by atoms with Gasteiger partial charge in [-0.2, -0.15) is 0 Å². The lowest BCUT2D eigenvalue weighted by molar-refractivity contribution is -0.134. The smallest absolute Gasteiger partial charge is 0.239 e. The van der Waals surface area contributed by atoms with Crippen LogP contribution in [0.3, 0.4) is 0 Å². The van der Waals surface area contributed by atoms with Gasteiger partial charge in [0, 0.05) is 38.3 Å². The zero-order valence-corrected chi connectivity index (χ0v) is 13.3. The van der Waals surface area contributed by atoms with Crippen molar-refractivity contribution in [3.63, 3.8) is 0 Å². The number of hydrogen-bond acceptors (Lipinski definition) is 4. The molecule has 2 saturated heterocycles. The molecule has 2 fully saturated rings. The van der Waals surface area contributed by atoms with Gasteiger partial charge in [-0.05, 0) is 25.5 Å². The number of para-hydroxylation sites is 1. The largest absolute Gasteiger partial charge is 0.496 e. The number of hydrogen-bond donors (Lipinski definition) is 1. The molecule has 5 heteroatoms. The lowest BCUT2D eigenvalue weighted by atomic mass is 10.1. The van der Waals surface area contributed by atoms with E-state index in [1.54, 1.807) is 7.11 Å². The molecule has 1 unspecified atom stereocenters. The minimum Gasteiger partial charge on any atom is -0.496 e. The molecule has 1 aromatic carbocycles. The molecule has 0 aromatic heterocycles. The Morgan fingerprint density at radius 1 is 1.27 bits per heavy atom. The van der Waals surface area contributed by atoms with Crippen molar-refractivity contribution >= 4 is 5.91 Å². The van der Waals surface area contributed by atoms with E-state index >= 15 is 0 Å². The number of amides is 1. The van der Waals surface area contributed by atoms with Crippen LogP contribution in [0.4, 0.5) is 0 Å². The van der Waals surface area contributed by atoms with E-state index in [2.05, 4.69) is 16.3 Å². The van der Waals surface area contributed by atoms with Crippen LogP contribution in [0.1, 0.15) is 18.4 Å². The van der Waals surface area contributed by atoms with Crippen LogP contribution in [0.15, 0.2) is 24.3 Å². The van der Waals surface area contributed by atoms with Gasteiger partial charge in [0.2, 0.25) is 5.91 Å². The molecular formula is C17H25N3O2. The Bertz CT molecular complexity index is 506. The van der Waals surface area contributed by atoms with E-state index in [0.717, 1.165) is 57.9 Å². The number of nitrogens with zero attached hydrogens (tertiary/aromatic N) is 2. The molecule has 1 aromatic rings. The number of benzene rings is 1. The summed E-state index contributed by atoms with van der Waals surface area (Å²) in [6.45, 7) is 5.36. The fourth-order valence-corrected chi connectivity index (χ4v) is 3.32. The fraction of sp³-hybridized carbons (Fsp3) is 0.588. The first-order valence-corrected chi connectivity index (χ1v) is 8.14. The Labute approximate surface area is 132 Å². The van der Waals surface area contributed by atoms with Crippen molar-refractivity contribution in [3.8, 4) is 5.75 Å². The predicted molar refractivity (Wildman–Crippen MR) is 85.9 cm³/mol. The zero-order chi connectivity index (χ0) is 15.4. The van der Waals surface area contributed by atoms with Gasteiger partial charge in [-0.3, -0.25) is 9.69 Å². The quantitative estimate of drug-likeness (QED) is 0.904. The van der Waals surface area contributed by atoms with Crippen molar-refractivity contribution in [2.45, 2.75) is 25.4 Å². The lowest BCUT2D eigenvalue weighted by Gasteiger charge is -2.36. The third kappa shape index (κ3) is 3.42. The van der Waals surface area contributed by atoms with Crippen LogP contribution in [-0.4, -0.2) is 61.6 Å². The lowest BCUT2D eigenvalue weighted by Crippen LogP contribution is -2.52. The second kappa shape index (κ2) is 7.11. The predicted octanol–water partition coefficient (Wildman–Crippen LogP) is 1.09. The Hall–Kier alpha value is -1.59. The van der Waals surface area contributed by atoms with E-state index in [0.29, 0.717) is 0 Å². The number of nitrogens with one attached hydrogen (secondary N) is 1. The summed E-state index contributed by atoms with van der Waals surface area (Å²) in [7, 11) is 1.71. The van der Waals surface area contributed by atoms with Crippen LogP contribution in [0.5, 0.6) is 5.75 Å². The highest BCUT2D eigenvalue weighted by Crippen LogP contribution is 2.20. The van der Waals surface area contributed by atoms with Crippen molar-refractivity contribution in [2.24, 2.45) is 0 Å². The van der Waals surface area contributed by atoms with Crippen molar-refractivity contribution in [1.82, 2.24) is 15.1 Å². The summed E-state index contributed by atoms with van der Waals surface area (Å²) in [5.41, 5.74) is 1.21. The number of rotatable bonds is 4. The SMILES string of the molecule is COc1ccccc1CN1CCN(C(=O)C2CCCN2)CC1. The van der Waals surface area contributed by atoms with Crippen molar-refractivity contribution in [3.05, 3.63) is 29.8 Å². The topological polar surface area (TPSA) is 44.8 Å². The van der Waals surface area contributed by atoms with Gasteiger partial charge < -0.3 is 15.0 Å². The average molecular weight is 303 g/mol. The molecule has 1 amide bonds. The van der Waals surface area contributed by atoms with E-state index in [1.165, 1.54) is 5.56 Å². The van der Waals surface area contributed by atoms with Gasteiger partial charge in [0.05, 0.1) is 13.2 Å². The van der Waals surface area contributed by atoms with Gasteiger partial charge >= 0.3 is 0 Å². The highest BCUT2D eigenvalue weighted by Gasteiger charge is 2.29. The highest BCUT2D eigenvalue weighted by molar-refractivity contribution is 5.82. The summed E-state index contributed by atoms with van der Waals surface area (Å²) in [6, 6.07) is 8.21. The number of piperazine rings is 1. The van der Waals surface area contributed by atoms with Gasteiger partial charge in [0.25, 0.3) is 0 Å². The molecule has 0 radical (unpaired) electrons. The fourth-order valence-electron chi connectivity index (χ4n) is 3.32. The minimum absolute atomic E-state index is 0.0563. The normalized spacial score (nSPS) is 22.8. The van der Waals surface area contributed by atoms with E-state index in [9.17, 15) is 4.79 Å². The molecule has 2 heterocycles. The summed E-state index contributed by atoms with van der Waals surface area (Å²) in [4.78, 5) is 16.8. The maximum absolute atomic E-state index is 12.4. The van der Waals surface area contributed by atoms with Gasteiger partial charge in [-0.15, -0.1) is 0 Å². The van der Waals surface area contributed by atoms with Gasteiger partial charge in [0.15, 0.2) is 0 Å². The molecule has 0 saturated carbocycles. The van der Waals surface area contributed by atoms with Gasteiger partial charge in [-0.1, -0.05) is 18.2 Å². The van der Waals surface area contributed by atoms with Crippen LogP contribution in [0, 0.1) is 0 Å². The number of methoxy groups -OCH3 is 1. The van der Waals surface area contributed by atoms with E-state index in [1.807, 2.05) is 23.1 Å². The highest BCUT2D eigenvalue weighted by atomic mass is 16.5. The number of carbonyl (C=O) groups excluding carboxylic acids is 1. The maximum atomic E-state index is 12.4. The molecule has 0 bridgehead atoms. The van der Waals surface area contributed by atoms with E-state index < -0.39 is 0 Å². The van der Waals surface area contributed by atoms with Crippen molar-refractivity contribution in [1.29, 1.82) is 0 Å². The Kier molecular flexibility index (Phi) is 4.95. The number of ether oxygens (including phenoxy) is 1. The molecule has 2 aliphatic heterocycles. The molecule has 5 nitrogen and oxygen atoms in total. The summed E-state index contributed by atoms with van der Waals surface area (Å²) in [6.07, 6.45) is 2.10. The molecule has 120 valence electrons. The third-order valence-corrected chi connectivity index (χ3v) is 4.63. The molecular weight excluding hydrogens is 278 g/mol. The number of carbonyl (C=O) groups is 1. The van der Waals surface area contributed by atoms with Crippen molar-refractivity contribution < 1.29 is 9.53 Å². The van der Waals surface area contributed by atoms with Crippen molar-refractivity contribution in [2.75, 3.05) is 39.8 Å². The summed E-state index contributed by atoms with van der Waals surface area (Å²) >= 11 is 0. The Balaban J connectivity index is 1.52. The van der Waals surface area contributed by atoms with Crippen LogP contribution in [0.2, 0.25) is 0 Å². The standard InChI is InChI=1S/C17H25N3O2/c1-22-16-7-3-2-5-14(16)13-19-9-11-20(12-10-19)17(21)15-6-4-8-18-15/h2-3,5,7,15,18H,4,6,8-13H2,1H3. The Morgan fingerprint density at radius 2 is 2.05 bits per heavy atom. The van der Waals surface area contributed by atoms with Crippen LogP contribution in [0.25, 0.3) is 0 Å². The molecule has 0 aliphatic carbocycles. The zero-order valence-electron chi connectivity index (χ0n) is 13.3. The molecule has 2 aliphatic rings. The molecule has 22 heavy (non-hydrogen) atoms. The minimum atomic E-state index is 0.0563. The molecule has 1 N–H and O–H groups in total. The monoisotopic (exact) mass is 303 g/mol. The first-order chi connectivity index (χ1) is 10.8. The Morgan fingerprint density at radius 3 is 2.73 bits per heavy atom. The summed E-state index contributed by atoms with van der Waals surface area (Å²) in [5.74, 6) is 1.23. The van der Waals surface area contributed by atoms with E-state index in [-0.39, 0.29) is 11.9 Å². The van der Waals surface area contributed by atoms with Crippen LogP contribution < -0.4 is 10.1 Å². The first-order valence-electron chi connectivity index (χ1n) is 8.14. The second-order valence-electron chi connectivity index (χ2n) is 6.06. The molecule has 1 atom stereocenters. The summed E-state index contributed by atoms with van der Waals surface area (Å²) < 4.78 is 5.41. The van der Waals surface area contributed by atoms with Gasteiger partial charge in [0.1, 0.15) is 5.75 Å². The van der Waals surface area contributed by atoms with Crippen LogP contribution >= 0.6 is 0 Å². The summed E-state index contributed by atoms with van der Waals surface area (Å²) in [5, 5.41) is 3.30. The third-order valence-electron chi connectivity index (χ3n) is 4.63. The second-order valence-corrected chi connectivity index (χ2v) is 6.06. The van der Waals surface area contributed by atoms with E-state index in [4.69, 9.17) is 4.74 Å². The maximum Gasteiger partial charge on any atom is 0.239 e. The molecule has 3 rings (SSSR count). The van der Waals surface area contributed by atoms with Crippen LogP contribution in [-0.2, 0) is 11.3 Å². The average Bonchev–Trinajstić information content (AvgIpc) is 3.10. The first kappa shape index (κ1) is 15.3. The van der Waals surface area contributed by atoms with Gasteiger partial charge in [-0.25, -0.2) is 0 Å².